The lowest BCUT2D eigenvalue weighted by molar-refractivity contribution is 0.239. The fourth-order valence-electron chi connectivity index (χ4n) is 3.64. The van der Waals surface area contributed by atoms with Gasteiger partial charge in [-0.15, -0.1) is 5.10 Å². The molecule has 3 rings (SSSR count). The Kier molecular flexibility index (Phi) is 4.71. The lowest BCUT2D eigenvalue weighted by atomic mass is 9.78. The van der Waals surface area contributed by atoms with E-state index < -0.39 is 0 Å². The van der Waals surface area contributed by atoms with E-state index >= 15 is 0 Å². The molecule has 1 atom stereocenters. The molecule has 0 saturated carbocycles. The molecule has 23 heavy (non-hydrogen) atoms. The molecule has 0 aromatic carbocycles. The molecule has 126 valence electrons. The Labute approximate surface area is 141 Å². The lowest BCUT2D eigenvalue weighted by Gasteiger charge is -2.40. The van der Waals surface area contributed by atoms with E-state index in [-0.39, 0.29) is 5.56 Å². The lowest BCUT2D eigenvalue weighted by Crippen LogP contribution is -2.41. The number of piperidine rings is 1. The third-order valence-electron chi connectivity index (χ3n) is 4.70. The summed E-state index contributed by atoms with van der Waals surface area (Å²) in [5, 5.41) is 5.48. The Balaban J connectivity index is 1.91. The van der Waals surface area contributed by atoms with Gasteiger partial charge >= 0.3 is 0 Å². The molecule has 3 heterocycles. The van der Waals surface area contributed by atoms with E-state index in [0.717, 1.165) is 41.7 Å². The normalized spacial score (nSPS) is 22.0. The van der Waals surface area contributed by atoms with Crippen molar-refractivity contribution in [3.8, 4) is 0 Å². The highest BCUT2D eigenvalue weighted by Crippen LogP contribution is 2.36. The van der Waals surface area contributed by atoms with E-state index in [1.807, 2.05) is 0 Å². The van der Waals surface area contributed by atoms with Crippen molar-refractivity contribution < 1.29 is 0 Å². The molecule has 0 N–H and O–H groups in total. The van der Waals surface area contributed by atoms with Crippen molar-refractivity contribution in [3.05, 3.63) is 22.1 Å². The molecule has 0 aliphatic carbocycles. The SMILES string of the molecule is CCCc1cc(=O)n2nc(N3CCCC(C)(CCC)C3)sc2n1. The van der Waals surface area contributed by atoms with Crippen LogP contribution in [0.4, 0.5) is 5.13 Å². The van der Waals surface area contributed by atoms with Crippen molar-refractivity contribution in [2.75, 3.05) is 18.0 Å². The molecule has 1 unspecified atom stereocenters. The number of fused-ring (bicyclic) bond motifs is 1. The summed E-state index contributed by atoms with van der Waals surface area (Å²) in [6.45, 7) is 8.77. The van der Waals surface area contributed by atoms with E-state index in [4.69, 9.17) is 0 Å². The van der Waals surface area contributed by atoms with Gasteiger partial charge in [0, 0.05) is 24.8 Å². The fourth-order valence-corrected chi connectivity index (χ4v) is 4.60. The maximum Gasteiger partial charge on any atom is 0.275 e. The molecule has 0 radical (unpaired) electrons. The molecule has 0 amide bonds. The largest absolute Gasteiger partial charge is 0.346 e. The Morgan fingerprint density at radius 2 is 2.17 bits per heavy atom. The summed E-state index contributed by atoms with van der Waals surface area (Å²) in [5.74, 6) is 0. The molecule has 1 fully saturated rings. The van der Waals surface area contributed by atoms with E-state index in [0.29, 0.717) is 5.41 Å². The highest BCUT2D eigenvalue weighted by molar-refractivity contribution is 7.20. The van der Waals surface area contributed by atoms with Gasteiger partial charge in [0.25, 0.3) is 5.56 Å². The second-order valence-corrected chi connectivity index (χ2v) is 7.93. The molecule has 0 spiro atoms. The average molecular weight is 334 g/mol. The van der Waals surface area contributed by atoms with Crippen LogP contribution in [0.25, 0.3) is 4.96 Å². The quantitative estimate of drug-likeness (QED) is 0.839. The first-order valence-electron chi connectivity index (χ1n) is 8.69. The number of anilines is 1. The maximum absolute atomic E-state index is 12.2. The molecular formula is C17H26N4OS. The summed E-state index contributed by atoms with van der Waals surface area (Å²) in [4.78, 5) is 19.9. The molecule has 1 aliphatic rings. The molecule has 0 bridgehead atoms. The van der Waals surface area contributed by atoms with Crippen molar-refractivity contribution >= 4 is 21.4 Å². The minimum Gasteiger partial charge on any atom is -0.346 e. The molecule has 2 aromatic heterocycles. The van der Waals surface area contributed by atoms with Crippen molar-refractivity contribution in [2.24, 2.45) is 5.41 Å². The number of aryl methyl sites for hydroxylation is 1. The topological polar surface area (TPSA) is 50.5 Å². The first-order chi connectivity index (χ1) is 11.0. The van der Waals surface area contributed by atoms with Gasteiger partial charge in [0.2, 0.25) is 10.1 Å². The van der Waals surface area contributed by atoms with Crippen LogP contribution in [0.5, 0.6) is 0 Å². The van der Waals surface area contributed by atoms with Gasteiger partial charge in [-0.3, -0.25) is 4.79 Å². The van der Waals surface area contributed by atoms with Crippen molar-refractivity contribution in [1.82, 2.24) is 14.6 Å². The number of rotatable bonds is 5. The van der Waals surface area contributed by atoms with Crippen molar-refractivity contribution in [1.29, 1.82) is 0 Å². The van der Waals surface area contributed by atoms with E-state index in [1.54, 1.807) is 17.4 Å². The first kappa shape index (κ1) is 16.4. The standard InChI is InChI=1S/C17H26N4OS/c1-4-7-13-11-14(22)21-15(18-13)23-16(19-21)20-10-6-9-17(3,12-20)8-5-2/h11H,4-10,12H2,1-3H3. The molecule has 1 aliphatic heterocycles. The first-order valence-corrected chi connectivity index (χ1v) is 9.51. The number of hydrogen-bond donors (Lipinski definition) is 0. The summed E-state index contributed by atoms with van der Waals surface area (Å²) in [7, 11) is 0. The molecule has 1 saturated heterocycles. The van der Waals surface area contributed by atoms with Crippen LogP contribution in [0.3, 0.4) is 0 Å². The minimum absolute atomic E-state index is 0.0609. The molecule has 6 heteroatoms. The Morgan fingerprint density at radius 1 is 1.35 bits per heavy atom. The Bertz CT molecular complexity index is 734. The zero-order valence-corrected chi connectivity index (χ0v) is 15.2. The van der Waals surface area contributed by atoms with Gasteiger partial charge in [-0.05, 0) is 31.1 Å². The zero-order valence-electron chi connectivity index (χ0n) is 14.3. The van der Waals surface area contributed by atoms with Crippen LogP contribution in [0, 0.1) is 5.41 Å². The molecule has 5 nitrogen and oxygen atoms in total. The smallest absolute Gasteiger partial charge is 0.275 e. The van der Waals surface area contributed by atoms with Crippen molar-refractivity contribution in [3.63, 3.8) is 0 Å². The summed E-state index contributed by atoms with van der Waals surface area (Å²) in [6.07, 6.45) is 6.77. The van der Waals surface area contributed by atoms with E-state index in [2.05, 4.69) is 35.8 Å². The fraction of sp³-hybridized carbons (Fsp3) is 0.706. The van der Waals surface area contributed by atoms with Gasteiger partial charge in [-0.2, -0.15) is 4.52 Å². The molecule has 2 aromatic rings. The van der Waals surface area contributed by atoms with Crippen LogP contribution in [-0.4, -0.2) is 27.7 Å². The Hall–Kier alpha value is -1.43. The third kappa shape index (κ3) is 3.42. The highest BCUT2D eigenvalue weighted by Gasteiger charge is 2.31. The van der Waals surface area contributed by atoms with Crippen LogP contribution in [-0.2, 0) is 6.42 Å². The zero-order chi connectivity index (χ0) is 16.4. The molecular weight excluding hydrogens is 308 g/mol. The minimum atomic E-state index is -0.0609. The number of aromatic nitrogens is 3. The van der Waals surface area contributed by atoms with Crippen LogP contribution in [0.15, 0.2) is 10.9 Å². The van der Waals surface area contributed by atoms with Gasteiger partial charge in [0.1, 0.15) is 0 Å². The van der Waals surface area contributed by atoms with Crippen LogP contribution < -0.4 is 10.5 Å². The summed E-state index contributed by atoms with van der Waals surface area (Å²) >= 11 is 1.54. The number of nitrogens with zero attached hydrogens (tertiary/aromatic N) is 4. The van der Waals surface area contributed by atoms with Gasteiger partial charge in [-0.1, -0.05) is 44.9 Å². The summed E-state index contributed by atoms with van der Waals surface area (Å²) in [5.41, 5.74) is 1.17. The summed E-state index contributed by atoms with van der Waals surface area (Å²) in [6, 6.07) is 1.62. The van der Waals surface area contributed by atoms with Crippen LogP contribution >= 0.6 is 11.3 Å². The van der Waals surface area contributed by atoms with Gasteiger partial charge in [-0.25, -0.2) is 4.98 Å². The van der Waals surface area contributed by atoms with E-state index in [9.17, 15) is 4.79 Å². The predicted octanol–water partition coefficient (Wildman–Crippen LogP) is 3.51. The highest BCUT2D eigenvalue weighted by atomic mass is 32.1. The van der Waals surface area contributed by atoms with Gasteiger partial charge in [0.15, 0.2) is 0 Å². The van der Waals surface area contributed by atoms with Gasteiger partial charge < -0.3 is 4.90 Å². The predicted molar refractivity (Wildman–Crippen MR) is 95.6 cm³/mol. The van der Waals surface area contributed by atoms with Crippen LogP contribution in [0.2, 0.25) is 0 Å². The summed E-state index contributed by atoms with van der Waals surface area (Å²) < 4.78 is 1.46. The second-order valence-electron chi connectivity index (χ2n) is 7.00. The van der Waals surface area contributed by atoms with Crippen molar-refractivity contribution in [2.45, 2.75) is 59.3 Å². The van der Waals surface area contributed by atoms with Gasteiger partial charge in [0.05, 0.1) is 0 Å². The van der Waals surface area contributed by atoms with E-state index in [1.165, 1.54) is 30.2 Å². The monoisotopic (exact) mass is 334 g/mol. The Morgan fingerprint density at radius 3 is 2.91 bits per heavy atom. The van der Waals surface area contributed by atoms with Crippen LogP contribution in [0.1, 0.15) is 58.6 Å². The third-order valence-corrected chi connectivity index (χ3v) is 5.67. The maximum atomic E-state index is 12.2. The number of hydrogen-bond acceptors (Lipinski definition) is 5. The average Bonchev–Trinajstić information content (AvgIpc) is 2.92. The second kappa shape index (κ2) is 6.59.